The minimum Gasteiger partial charge on any atom is -0.463 e. The number of allylic oxidation sites excluding steroid dienone is 2. The maximum absolute atomic E-state index is 10.6. The lowest BCUT2D eigenvalue weighted by molar-refractivity contribution is -0.402. The fraction of sp³-hybridized carbons (Fsp3) is 0.286. The number of esters is 1. The molecule has 0 saturated carbocycles. The number of carbonyl (C=O) groups excluding carboxylic acids is 1. The zero-order valence-electron chi connectivity index (χ0n) is 6.60. The molecular weight excluding hydrogens is 162 g/mol. The van der Waals surface area contributed by atoms with Crippen molar-refractivity contribution in [3.63, 3.8) is 0 Å². The van der Waals surface area contributed by atoms with Gasteiger partial charge in [-0.1, -0.05) is 0 Å². The molecule has 0 aromatic heterocycles. The Balaban J connectivity index is 3.75. The van der Waals surface area contributed by atoms with Crippen molar-refractivity contribution in [2.75, 3.05) is 6.61 Å². The van der Waals surface area contributed by atoms with E-state index in [2.05, 4.69) is 4.74 Å². The molecule has 0 radical (unpaired) electrons. The Bertz CT molecular complexity index is 219. The van der Waals surface area contributed by atoms with Gasteiger partial charge in [0.15, 0.2) is 0 Å². The summed E-state index contributed by atoms with van der Waals surface area (Å²) in [6.07, 6.45) is 4.25. The van der Waals surface area contributed by atoms with Crippen molar-refractivity contribution in [3.05, 3.63) is 34.5 Å². The quantitative estimate of drug-likeness (QED) is 0.207. The molecule has 0 spiro atoms. The Morgan fingerprint density at radius 1 is 1.58 bits per heavy atom. The molecule has 12 heavy (non-hydrogen) atoms. The second-order valence-corrected chi connectivity index (χ2v) is 1.74. The summed E-state index contributed by atoms with van der Waals surface area (Å²) in [5, 5.41) is 9.74. The maximum Gasteiger partial charge on any atom is 0.330 e. The van der Waals surface area contributed by atoms with Gasteiger partial charge in [0.1, 0.15) is 0 Å². The molecule has 0 aliphatic rings. The number of ether oxygens (including phenoxy) is 1. The third-order valence-corrected chi connectivity index (χ3v) is 0.838. The Kier molecular flexibility index (Phi) is 5.25. The average molecular weight is 171 g/mol. The van der Waals surface area contributed by atoms with Gasteiger partial charge in [-0.25, -0.2) is 4.79 Å². The molecule has 0 unspecified atom stereocenters. The predicted octanol–water partition coefficient (Wildman–Crippen LogP) is 0.896. The number of nitrogens with zero attached hydrogens (tertiary/aromatic N) is 1. The second-order valence-electron chi connectivity index (χ2n) is 1.74. The van der Waals surface area contributed by atoms with Gasteiger partial charge in [-0.2, -0.15) is 0 Å². The van der Waals surface area contributed by atoms with Crippen LogP contribution in [0.5, 0.6) is 0 Å². The van der Waals surface area contributed by atoms with Gasteiger partial charge in [-0.3, -0.25) is 10.1 Å². The van der Waals surface area contributed by atoms with Crippen LogP contribution in [0.15, 0.2) is 24.4 Å². The van der Waals surface area contributed by atoms with E-state index in [-0.39, 0.29) is 0 Å². The first kappa shape index (κ1) is 10.3. The van der Waals surface area contributed by atoms with Gasteiger partial charge >= 0.3 is 5.97 Å². The standard InChI is InChI=1S/C7H9NO4/c1-2-12-7(9)5-3-4-6-8(10)11/h3-6H,2H2,1H3. The topological polar surface area (TPSA) is 69.4 Å². The molecule has 0 aliphatic heterocycles. The molecule has 0 bridgehead atoms. The van der Waals surface area contributed by atoms with Crippen molar-refractivity contribution in [3.8, 4) is 0 Å². The molecule has 0 heterocycles. The third-order valence-electron chi connectivity index (χ3n) is 0.838. The summed E-state index contributed by atoms with van der Waals surface area (Å²) >= 11 is 0. The van der Waals surface area contributed by atoms with Crippen LogP contribution in [0.2, 0.25) is 0 Å². The van der Waals surface area contributed by atoms with Crippen LogP contribution in [0, 0.1) is 10.1 Å². The van der Waals surface area contributed by atoms with E-state index in [1.807, 2.05) is 0 Å². The van der Waals surface area contributed by atoms with Gasteiger partial charge in [-0.05, 0) is 13.0 Å². The smallest absolute Gasteiger partial charge is 0.330 e. The highest BCUT2D eigenvalue weighted by atomic mass is 16.6. The average Bonchev–Trinajstić information content (AvgIpc) is 1.98. The van der Waals surface area contributed by atoms with Crippen LogP contribution < -0.4 is 0 Å². The molecule has 0 fully saturated rings. The van der Waals surface area contributed by atoms with Gasteiger partial charge in [0.05, 0.1) is 11.5 Å². The molecule has 0 rings (SSSR count). The summed E-state index contributed by atoms with van der Waals surface area (Å²) in [6.45, 7) is 1.97. The van der Waals surface area contributed by atoms with E-state index >= 15 is 0 Å². The van der Waals surface area contributed by atoms with E-state index < -0.39 is 10.9 Å². The van der Waals surface area contributed by atoms with Gasteiger partial charge in [0.25, 0.3) is 0 Å². The lowest BCUT2D eigenvalue weighted by atomic mass is 10.5. The van der Waals surface area contributed by atoms with E-state index in [9.17, 15) is 14.9 Å². The first-order valence-electron chi connectivity index (χ1n) is 3.32. The van der Waals surface area contributed by atoms with Crippen LogP contribution in [0.1, 0.15) is 6.92 Å². The number of rotatable bonds is 4. The fourth-order valence-corrected chi connectivity index (χ4v) is 0.444. The number of hydrogen-bond acceptors (Lipinski definition) is 4. The first-order chi connectivity index (χ1) is 5.66. The van der Waals surface area contributed by atoms with Crippen LogP contribution in [-0.2, 0) is 9.53 Å². The molecule has 0 aromatic carbocycles. The molecule has 0 N–H and O–H groups in total. The van der Waals surface area contributed by atoms with E-state index in [1.165, 1.54) is 6.08 Å². The van der Waals surface area contributed by atoms with Crippen molar-refractivity contribution in [1.29, 1.82) is 0 Å². The van der Waals surface area contributed by atoms with Crippen LogP contribution >= 0.6 is 0 Å². The molecular formula is C7H9NO4. The fourth-order valence-electron chi connectivity index (χ4n) is 0.444. The summed E-state index contributed by atoms with van der Waals surface area (Å²) in [5.41, 5.74) is 0. The van der Waals surface area contributed by atoms with Gasteiger partial charge in [0, 0.05) is 12.2 Å². The summed E-state index contributed by atoms with van der Waals surface area (Å²) in [4.78, 5) is 19.7. The van der Waals surface area contributed by atoms with Gasteiger partial charge < -0.3 is 4.74 Å². The molecule has 0 saturated heterocycles. The van der Waals surface area contributed by atoms with Crippen molar-refractivity contribution in [1.82, 2.24) is 0 Å². The molecule has 0 aliphatic carbocycles. The highest BCUT2D eigenvalue weighted by Crippen LogP contribution is 1.82. The molecule has 5 nitrogen and oxygen atoms in total. The van der Waals surface area contributed by atoms with E-state index in [0.717, 1.165) is 18.4 Å². The predicted molar refractivity (Wildman–Crippen MR) is 41.9 cm³/mol. The number of hydrogen-bond donors (Lipinski definition) is 0. The van der Waals surface area contributed by atoms with E-state index in [4.69, 9.17) is 0 Å². The number of carbonyl (C=O) groups is 1. The summed E-state index contributed by atoms with van der Waals surface area (Å²) in [6, 6.07) is 0. The second kappa shape index (κ2) is 6.09. The van der Waals surface area contributed by atoms with Gasteiger partial charge in [0.2, 0.25) is 6.20 Å². The molecule has 0 atom stereocenters. The van der Waals surface area contributed by atoms with Crippen LogP contribution in [0.4, 0.5) is 0 Å². The monoisotopic (exact) mass is 171 g/mol. The van der Waals surface area contributed by atoms with Crippen molar-refractivity contribution in [2.24, 2.45) is 0 Å². The zero-order valence-corrected chi connectivity index (χ0v) is 6.60. The Morgan fingerprint density at radius 2 is 2.25 bits per heavy atom. The number of nitro groups is 1. The van der Waals surface area contributed by atoms with E-state index in [1.54, 1.807) is 6.92 Å². The lowest BCUT2D eigenvalue weighted by Gasteiger charge is -1.91. The highest BCUT2D eigenvalue weighted by molar-refractivity contribution is 5.82. The van der Waals surface area contributed by atoms with Crippen LogP contribution in [-0.4, -0.2) is 17.5 Å². The Morgan fingerprint density at radius 3 is 2.75 bits per heavy atom. The third kappa shape index (κ3) is 6.47. The highest BCUT2D eigenvalue weighted by Gasteiger charge is 1.90. The Hall–Kier alpha value is -1.65. The van der Waals surface area contributed by atoms with Crippen molar-refractivity contribution < 1.29 is 14.5 Å². The van der Waals surface area contributed by atoms with Gasteiger partial charge in [-0.15, -0.1) is 0 Å². The van der Waals surface area contributed by atoms with E-state index in [0.29, 0.717) is 6.61 Å². The molecule has 66 valence electrons. The lowest BCUT2D eigenvalue weighted by Crippen LogP contribution is -1.98. The van der Waals surface area contributed by atoms with Crippen molar-refractivity contribution in [2.45, 2.75) is 6.92 Å². The largest absolute Gasteiger partial charge is 0.463 e. The SMILES string of the molecule is CCOC(=O)C=CC=C[N+](=O)[O-]. The summed E-state index contributed by atoms with van der Waals surface area (Å²) in [5.74, 6) is -0.509. The molecule has 5 heteroatoms. The molecule has 0 amide bonds. The minimum absolute atomic E-state index is 0.294. The normalized spacial score (nSPS) is 10.8. The zero-order chi connectivity index (χ0) is 9.40. The van der Waals surface area contributed by atoms with Crippen LogP contribution in [0.25, 0.3) is 0 Å². The van der Waals surface area contributed by atoms with Crippen molar-refractivity contribution >= 4 is 5.97 Å². The summed E-state index contributed by atoms with van der Waals surface area (Å²) < 4.78 is 4.52. The summed E-state index contributed by atoms with van der Waals surface area (Å²) in [7, 11) is 0. The Labute approximate surface area is 69.5 Å². The van der Waals surface area contributed by atoms with Crippen LogP contribution in [0.3, 0.4) is 0 Å². The maximum atomic E-state index is 10.6. The first-order valence-corrected chi connectivity index (χ1v) is 3.32. The minimum atomic E-state index is -0.616. The molecule has 0 aromatic rings.